The highest BCUT2D eigenvalue weighted by Crippen LogP contribution is 2.29. The van der Waals surface area contributed by atoms with Gasteiger partial charge in [0, 0.05) is 6.42 Å². The van der Waals surface area contributed by atoms with Crippen LogP contribution in [0.15, 0.2) is 18.2 Å². The number of benzene rings is 1. The van der Waals surface area contributed by atoms with E-state index in [1.54, 1.807) is 0 Å². The molecule has 1 atom stereocenters. The van der Waals surface area contributed by atoms with E-state index in [2.05, 4.69) is 10.3 Å². The molecular weight excluding hydrogens is 392 g/mol. The van der Waals surface area contributed by atoms with Crippen LogP contribution in [0.3, 0.4) is 0 Å². The molecule has 1 aromatic carbocycles. The smallest absolute Gasteiger partial charge is 0.306 e. The topological polar surface area (TPSA) is 112 Å². The maximum absolute atomic E-state index is 12.0. The molecule has 1 fully saturated rings. The van der Waals surface area contributed by atoms with E-state index in [0.717, 1.165) is 16.0 Å². The minimum absolute atomic E-state index is 0.00371. The summed E-state index contributed by atoms with van der Waals surface area (Å²) in [7, 11) is -3.04. The van der Waals surface area contributed by atoms with Gasteiger partial charge in [-0.3, -0.25) is 14.9 Å². The molecule has 1 amide bonds. The molecule has 0 aliphatic carbocycles. The number of ether oxygens (including phenoxy) is 2. The molecule has 27 heavy (non-hydrogen) atoms. The Labute approximate surface area is 160 Å². The third-order valence-electron chi connectivity index (χ3n) is 4.06. The number of thiazole rings is 1. The lowest BCUT2D eigenvalue weighted by molar-refractivity contribution is -0.148. The highest BCUT2D eigenvalue weighted by Gasteiger charge is 2.30. The molecule has 0 bridgehead atoms. The van der Waals surface area contributed by atoms with Gasteiger partial charge in [0.25, 0.3) is 5.91 Å². The molecule has 1 aromatic heterocycles. The summed E-state index contributed by atoms with van der Waals surface area (Å²) in [5, 5.41) is 3.00. The van der Waals surface area contributed by atoms with E-state index in [4.69, 9.17) is 9.47 Å². The average Bonchev–Trinajstić information content (AvgIpc) is 3.14. The van der Waals surface area contributed by atoms with E-state index in [1.165, 1.54) is 11.3 Å². The highest BCUT2D eigenvalue weighted by molar-refractivity contribution is 7.91. The van der Waals surface area contributed by atoms with Crippen LogP contribution in [0.2, 0.25) is 0 Å². The molecule has 1 saturated heterocycles. The van der Waals surface area contributed by atoms with Crippen molar-refractivity contribution in [3.8, 4) is 5.75 Å². The zero-order valence-corrected chi connectivity index (χ0v) is 16.4. The van der Waals surface area contributed by atoms with Crippen molar-refractivity contribution in [1.82, 2.24) is 4.98 Å². The van der Waals surface area contributed by atoms with E-state index in [9.17, 15) is 18.0 Å². The largest absolute Gasteiger partial charge is 0.494 e. The molecule has 2 aromatic rings. The number of nitrogens with one attached hydrogen (secondary N) is 1. The van der Waals surface area contributed by atoms with Crippen molar-refractivity contribution in [3.05, 3.63) is 18.2 Å². The number of anilines is 1. The lowest BCUT2D eigenvalue weighted by atomic mass is 10.1. The van der Waals surface area contributed by atoms with Crippen LogP contribution < -0.4 is 10.1 Å². The van der Waals surface area contributed by atoms with Crippen molar-refractivity contribution in [2.24, 2.45) is 5.92 Å². The predicted molar refractivity (Wildman–Crippen MR) is 102 cm³/mol. The maximum Gasteiger partial charge on any atom is 0.306 e. The Bertz CT molecular complexity index is 953. The van der Waals surface area contributed by atoms with Gasteiger partial charge in [0.2, 0.25) is 0 Å². The third-order valence-corrected chi connectivity index (χ3v) is 6.83. The quantitative estimate of drug-likeness (QED) is 0.692. The van der Waals surface area contributed by atoms with E-state index in [-0.39, 0.29) is 23.8 Å². The van der Waals surface area contributed by atoms with Gasteiger partial charge in [-0.25, -0.2) is 13.4 Å². The van der Waals surface area contributed by atoms with Crippen molar-refractivity contribution >= 4 is 48.4 Å². The summed E-state index contributed by atoms with van der Waals surface area (Å²) in [5.41, 5.74) is 0.734. The lowest BCUT2D eigenvalue weighted by Crippen LogP contribution is -2.22. The summed E-state index contributed by atoms with van der Waals surface area (Å²) in [5.74, 6) is -0.453. The van der Waals surface area contributed by atoms with Crippen LogP contribution in [0.5, 0.6) is 5.75 Å². The summed E-state index contributed by atoms with van der Waals surface area (Å²) < 4.78 is 34.0. The van der Waals surface area contributed by atoms with Gasteiger partial charge in [-0.05, 0) is 37.5 Å². The molecule has 8 nitrogen and oxygen atoms in total. The molecule has 0 radical (unpaired) electrons. The number of carbonyl (C=O) groups is 2. The van der Waals surface area contributed by atoms with Gasteiger partial charge in [-0.15, -0.1) is 0 Å². The molecule has 1 aliphatic heterocycles. The van der Waals surface area contributed by atoms with Crippen molar-refractivity contribution in [3.63, 3.8) is 0 Å². The first-order valence-electron chi connectivity index (χ1n) is 8.54. The standard InChI is InChI=1S/C17H20N2O6S2/c1-2-24-12-3-4-13-14(8-12)26-17(18-13)19-15(20)9-25-16(21)7-11-5-6-27(22,23)10-11/h3-4,8,11H,2,5-7,9-10H2,1H3,(H,18,19,20)/t11-/m1/s1. The van der Waals surface area contributed by atoms with E-state index >= 15 is 0 Å². The molecule has 10 heteroatoms. The number of hydrogen-bond acceptors (Lipinski definition) is 8. The SMILES string of the molecule is CCOc1ccc2nc(NC(=O)COC(=O)C[C@H]3CCS(=O)(=O)C3)sc2c1. The number of amides is 1. The molecular formula is C17H20N2O6S2. The van der Waals surface area contributed by atoms with Gasteiger partial charge in [-0.1, -0.05) is 11.3 Å². The Balaban J connectivity index is 1.49. The fourth-order valence-corrected chi connectivity index (χ4v) is 5.62. The number of esters is 1. The summed E-state index contributed by atoms with van der Waals surface area (Å²) in [4.78, 5) is 28.0. The molecule has 0 spiro atoms. The van der Waals surface area contributed by atoms with Crippen LogP contribution in [0.1, 0.15) is 19.8 Å². The molecule has 2 heterocycles. The van der Waals surface area contributed by atoms with Crippen LogP contribution in [-0.2, 0) is 24.2 Å². The van der Waals surface area contributed by atoms with Gasteiger partial charge in [0.05, 0.1) is 28.3 Å². The Kier molecular flexibility index (Phi) is 5.95. The number of rotatable bonds is 7. The van der Waals surface area contributed by atoms with E-state index in [1.807, 2.05) is 25.1 Å². The normalized spacial score (nSPS) is 18.3. The second-order valence-corrected chi connectivity index (χ2v) is 9.52. The minimum atomic E-state index is -3.04. The molecule has 1 N–H and O–H groups in total. The van der Waals surface area contributed by atoms with Crippen LogP contribution in [-0.4, -0.2) is 50.0 Å². The second-order valence-electron chi connectivity index (χ2n) is 6.26. The summed E-state index contributed by atoms with van der Waals surface area (Å²) in [6.07, 6.45) is 0.465. The number of carbonyl (C=O) groups excluding carboxylic acids is 2. The maximum atomic E-state index is 12.0. The number of nitrogens with zero attached hydrogens (tertiary/aromatic N) is 1. The molecule has 0 saturated carbocycles. The molecule has 3 rings (SSSR count). The predicted octanol–water partition coefficient (Wildman–Crippen LogP) is 2.00. The first-order chi connectivity index (χ1) is 12.8. The zero-order valence-electron chi connectivity index (χ0n) is 14.8. The monoisotopic (exact) mass is 412 g/mol. The van der Waals surface area contributed by atoms with Crippen molar-refractivity contribution in [2.45, 2.75) is 19.8 Å². The van der Waals surface area contributed by atoms with Crippen LogP contribution in [0.25, 0.3) is 10.2 Å². The Morgan fingerprint density at radius 3 is 2.89 bits per heavy atom. The van der Waals surface area contributed by atoms with Gasteiger partial charge in [0.15, 0.2) is 21.6 Å². The first kappa shape index (κ1) is 19.6. The van der Waals surface area contributed by atoms with E-state index < -0.39 is 28.3 Å². The molecule has 146 valence electrons. The fraction of sp³-hybridized carbons (Fsp3) is 0.471. The van der Waals surface area contributed by atoms with Gasteiger partial charge in [0.1, 0.15) is 5.75 Å². The second kappa shape index (κ2) is 8.22. The van der Waals surface area contributed by atoms with Gasteiger partial charge < -0.3 is 9.47 Å². The number of sulfone groups is 1. The Morgan fingerprint density at radius 1 is 1.37 bits per heavy atom. The minimum Gasteiger partial charge on any atom is -0.494 e. The van der Waals surface area contributed by atoms with Crippen LogP contribution >= 0.6 is 11.3 Å². The van der Waals surface area contributed by atoms with Crippen molar-refractivity contribution in [2.75, 3.05) is 30.0 Å². The van der Waals surface area contributed by atoms with Gasteiger partial charge in [-0.2, -0.15) is 0 Å². The average molecular weight is 412 g/mol. The van der Waals surface area contributed by atoms with Crippen molar-refractivity contribution < 1.29 is 27.5 Å². The summed E-state index contributed by atoms with van der Waals surface area (Å²) in [6.45, 7) is 2.03. The Hall–Kier alpha value is -2.20. The number of fused-ring (bicyclic) bond motifs is 1. The van der Waals surface area contributed by atoms with Crippen LogP contribution in [0, 0.1) is 5.92 Å². The number of hydrogen-bond donors (Lipinski definition) is 1. The van der Waals surface area contributed by atoms with Crippen molar-refractivity contribution in [1.29, 1.82) is 0 Å². The van der Waals surface area contributed by atoms with Crippen LogP contribution in [0.4, 0.5) is 5.13 Å². The third kappa shape index (κ3) is 5.39. The zero-order chi connectivity index (χ0) is 19.4. The lowest BCUT2D eigenvalue weighted by Gasteiger charge is -2.07. The van der Waals surface area contributed by atoms with E-state index in [0.29, 0.717) is 18.2 Å². The summed E-state index contributed by atoms with van der Waals surface area (Å²) >= 11 is 1.30. The first-order valence-corrected chi connectivity index (χ1v) is 11.2. The molecule has 0 unspecified atom stereocenters. The molecule has 1 aliphatic rings. The van der Waals surface area contributed by atoms with Gasteiger partial charge >= 0.3 is 5.97 Å². The number of aromatic nitrogens is 1. The fourth-order valence-electron chi connectivity index (χ4n) is 2.84. The summed E-state index contributed by atoms with van der Waals surface area (Å²) in [6, 6.07) is 5.46. The Morgan fingerprint density at radius 2 is 2.19 bits per heavy atom. The highest BCUT2D eigenvalue weighted by atomic mass is 32.2.